The maximum absolute atomic E-state index is 3.80. The van der Waals surface area contributed by atoms with Crippen molar-refractivity contribution in [1.82, 2.24) is 10.2 Å². The Morgan fingerprint density at radius 3 is 2.05 bits per heavy atom. The number of hydrogen-bond acceptors (Lipinski definition) is 2. The number of nitrogens with zero attached hydrogens (tertiary/aromatic N) is 1. The summed E-state index contributed by atoms with van der Waals surface area (Å²) in [7, 11) is 0. The van der Waals surface area contributed by atoms with Gasteiger partial charge in [-0.15, -0.1) is 0 Å². The molecule has 1 rings (SSSR count). The van der Waals surface area contributed by atoms with Crippen molar-refractivity contribution in [2.75, 3.05) is 19.6 Å². The fourth-order valence-corrected chi connectivity index (χ4v) is 3.38. The number of piperazine rings is 1. The lowest BCUT2D eigenvalue weighted by molar-refractivity contribution is 0.0158. The van der Waals surface area contributed by atoms with Crippen molar-refractivity contribution in [3.8, 4) is 0 Å². The highest BCUT2D eigenvalue weighted by Gasteiger charge is 2.40. The molecule has 2 atom stereocenters. The predicted octanol–water partition coefficient (Wildman–Crippen LogP) is 4.98. The number of unbranched alkanes of at least 4 members (excludes halogenated alkanes) is 6. The van der Waals surface area contributed by atoms with Crippen molar-refractivity contribution < 1.29 is 0 Å². The van der Waals surface area contributed by atoms with Gasteiger partial charge >= 0.3 is 0 Å². The Morgan fingerprint density at radius 1 is 0.857 bits per heavy atom. The van der Waals surface area contributed by atoms with Gasteiger partial charge in [0.05, 0.1) is 0 Å². The standard InChI is InChI=1S/C19H40N2/c1-6-9-10-11-12-13-14-15-21-17-18(4,7-2)20-16-19(21,5)8-3/h20H,6-17H2,1-5H3. The van der Waals surface area contributed by atoms with E-state index in [9.17, 15) is 0 Å². The molecule has 2 unspecified atom stereocenters. The van der Waals surface area contributed by atoms with E-state index in [0.717, 1.165) is 6.54 Å². The SMILES string of the molecule is CCCCCCCCCN1CC(C)(CC)NCC1(C)CC. The Bertz CT molecular complexity index is 279. The van der Waals surface area contributed by atoms with Gasteiger partial charge in [-0.05, 0) is 39.7 Å². The maximum atomic E-state index is 3.80. The van der Waals surface area contributed by atoms with Crippen molar-refractivity contribution in [3.63, 3.8) is 0 Å². The normalized spacial score (nSPS) is 30.7. The average Bonchev–Trinajstić information content (AvgIpc) is 2.50. The van der Waals surface area contributed by atoms with Gasteiger partial charge in [0.15, 0.2) is 0 Å². The largest absolute Gasteiger partial charge is 0.308 e. The molecule has 0 spiro atoms. The summed E-state index contributed by atoms with van der Waals surface area (Å²) in [6, 6.07) is 0. The van der Waals surface area contributed by atoms with Crippen LogP contribution in [-0.2, 0) is 0 Å². The van der Waals surface area contributed by atoms with Gasteiger partial charge in [-0.1, -0.05) is 59.3 Å². The van der Waals surface area contributed by atoms with Crippen LogP contribution in [0.15, 0.2) is 0 Å². The third-order valence-electron chi connectivity index (χ3n) is 5.77. The monoisotopic (exact) mass is 296 g/mol. The van der Waals surface area contributed by atoms with Gasteiger partial charge in [-0.3, -0.25) is 4.90 Å². The average molecular weight is 297 g/mol. The molecule has 2 heteroatoms. The Morgan fingerprint density at radius 2 is 1.48 bits per heavy atom. The van der Waals surface area contributed by atoms with Gasteiger partial charge in [0.2, 0.25) is 0 Å². The van der Waals surface area contributed by atoms with Crippen LogP contribution in [-0.4, -0.2) is 35.6 Å². The molecular weight excluding hydrogens is 256 g/mol. The van der Waals surface area contributed by atoms with Crippen LogP contribution < -0.4 is 5.32 Å². The second-order valence-electron chi connectivity index (χ2n) is 7.66. The predicted molar refractivity (Wildman–Crippen MR) is 95.0 cm³/mol. The molecule has 0 saturated carbocycles. The summed E-state index contributed by atoms with van der Waals surface area (Å²) in [6.45, 7) is 15.4. The number of hydrogen-bond donors (Lipinski definition) is 1. The van der Waals surface area contributed by atoms with E-state index >= 15 is 0 Å². The zero-order chi connectivity index (χ0) is 15.8. The minimum atomic E-state index is 0.315. The highest BCUT2D eigenvalue weighted by molar-refractivity contribution is 5.00. The Hall–Kier alpha value is -0.0800. The second-order valence-corrected chi connectivity index (χ2v) is 7.66. The molecule has 0 radical (unpaired) electrons. The summed E-state index contributed by atoms with van der Waals surface area (Å²) < 4.78 is 0. The van der Waals surface area contributed by atoms with Gasteiger partial charge in [0.1, 0.15) is 0 Å². The zero-order valence-electron chi connectivity index (χ0n) is 15.4. The highest BCUT2D eigenvalue weighted by atomic mass is 15.3. The first-order valence-electron chi connectivity index (χ1n) is 9.50. The fraction of sp³-hybridized carbons (Fsp3) is 1.00. The first kappa shape index (κ1) is 19.0. The first-order valence-corrected chi connectivity index (χ1v) is 9.50. The summed E-state index contributed by atoms with van der Waals surface area (Å²) in [5, 5.41) is 3.80. The fourth-order valence-electron chi connectivity index (χ4n) is 3.38. The molecular formula is C19H40N2. The molecule has 1 fully saturated rings. The molecule has 0 aliphatic carbocycles. The number of nitrogens with one attached hydrogen (secondary N) is 1. The molecule has 1 saturated heterocycles. The van der Waals surface area contributed by atoms with Crippen molar-refractivity contribution in [2.45, 2.75) is 103 Å². The van der Waals surface area contributed by atoms with Crippen molar-refractivity contribution >= 4 is 0 Å². The van der Waals surface area contributed by atoms with Crippen LogP contribution in [0.4, 0.5) is 0 Å². The molecule has 2 nitrogen and oxygen atoms in total. The lowest BCUT2D eigenvalue weighted by Crippen LogP contribution is -2.67. The molecule has 1 aliphatic rings. The topological polar surface area (TPSA) is 15.3 Å². The maximum Gasteiger partial charge on any atom is 0.0304 e. The van der Waals surface area contributed by atoms with E-state index in [2.05, 4.69) is 44.8 Å². The van der Waals surface area contributed by atoms with E-state index in [1.54, 1.807) is 0 Å². The minimum Gasteiger partial charge on any atom is -0.308 e. The van der Waals surface area contributed by atoms with Gasteiger partial charge in [-0.2, -0.15) is 0 Å². The number of rotatable bonds is 10. The van der Waals surface area contributed by atoms with E-state index in [-0.39, 0.29) is 0 Å². The summed E-state index contributed by atoms with van der Waals surface area (Å²) in [5.74, 6) is 0. The highest BCUT2D eigenvalue weighted by Crippen LogP contribution is 2.28. The molecule has 1 N–H and O–H groups in total. The molecule has 21 heavy (non-hydrogen) atoms. The van der Waals surface area contributed by atoms with Crippen molar-refractivity contribution in [3.05, 3.63) is 0 Å². The molecule has 1 heterocycles. The molecule has 0 bridgehead atoms. The third kappa shape index (κ3) is 5.90. The smallest absolute Gasteiger partial charge is 0.0304 e. The lowest BCUT2D eigenvalue weighted by Gasteiger charge is -2.52. The second kappa shape index (κ2) is 9.15. The van der Waals surface area contributed by atoms with Crippen LogP contribution in [0.25, 0.3) is 0 Å². The molecule has 0 amide bonds. The van der Waals surface area contributed by atoms with Crippen LogP contribution in [0, 0.1) is 0 Å². The van der Waals surface area contributed by atoms with E-state index in [1.807, 2.05) is 0 Å². The quantitative estimate of drug-likeness (QED) is 0.572. The first-order chi connectivity index (χ1) is 9.99. The van der Waals surface area contributed by atoms with Crippen molar-refractivity contribution in [1.29, 1.82) is 0 Å². The zero-order valence-corrected chi connectivity index (χ0v) is 15.4. The van der Waals surface area contributed by atoms with Crippen LogP contribution in [0.1, 0.15) is 92.4 Å². The van der Waals surface area contributed by atoms with Crippen LogP contribution >= 0.6 is 0 Å². The Labute approximate surface area is 134 Å². The van der Waals surface area contributed by atoms with E-state index < -0.39 is 0 Å². The third-order valence-corrected chi connectivity index (χ3v) is 5.77. The van der Waals surface area contributed by atoms with Crippen molar-refractivity contribution in [2.24, 2.45) is 0 Å². The van der Waals surface area contributed by atoms with Crippen LogP contribution in [0.5, 0.6) is 0 Å². The molecule has 126 valence electrons. The van der Waals surface area contributed by atoms with Gasteiger partial charge in [-0.25, -0.2) is 0 Å². The van der Waals surface area contributed by atoms with Crippen LogP contribution in [0.3, 0.4) is 0 Å². The van der Waals surface area contributed by atoms with E-state index in [0.29, 0.717) is 11.1 Å². The summed E-state index contributed by atoms with van der Waals surface area (Å²) in [4.78, 5) is 2.78. The molecule has 1 aliphatic heterocycles. The minimum absolute atomic E-state index is 0.315. The van der Waals surface area contributed by atoms with Crippen LogP contribution in [0.2, 0.25) is 0 Å². The van der Waals surface area contributed by atoms with E-state index in [4.69, 9.17) is 0 Å². The Kier molecular flexibility index (Phi) is 8.26. The Balaban J connectivity index is 2.34. The van der Waals surface area contributed by atoms with Gasteiger partial charge < -0.3 is 5.32 Å². The van der Waals surface area contributed by atoms with Gasteiger partial charge in [0, 0.05) is 24.2 Å². The summed E-state index contributed by atoms with van der Waals surface area (Å²) in [5.41, 5.74) is 0.673. The lowest BCUT2D eigenvalue weighted by atomic mass is 9.85. The molecule has 0 aromatic heterocycles. The molecule has 0 aromatic rings. The van der Waals surface area contributed by atoms with E-state index in [1.165, 1.54) is 70.9 Å². The molecule has 0 aromatic carbocycles. The summed E-state index contributed by atoms with van der Waals surface area (Å²) in [6.07, 6.45) is 12.3. The summed E-state index contributed by atoms with van der Waals surface area (Å²) >= 11 is 0. The van der Waals surface area contributed by atoms with Gasteiger partial charge in [0.25, 0.3) is 0 Å².